The number of nitriles is 1. The van der Waals surface area contributed by atoms with Gasteiger partial charge in [-0.1, -0.05) is 19.6 Å². The summed E-state index contributed by atoms with van der Waals surface area (Å²) >= 11 is 0. The summed E-state index contributed by atoms with van der Waals surface area (Å²) in [5.41, 5.74) is -1.96. The van der Waals surface area contributed by atoms with E-state index in [0.29, 0.717) is 30.2 Å². The number of carbonyl (C=O) groups is 2. The highest BCUT2D eigenvalue weighted by Crippen LogP contribution is 2.43. The number of carbonyl (C=O) groups excluding carboxylic acids is 2. The van der Waals surface area contributed by atoms with Gasteiger partial charge in [0.1, 0.15) is 6.04 Å². The van der Waals surface area contributed by atoms with Crippen LogP contribution in [0.2, 0.25) is 0 Å². The number of benzene rings is 2. The highest BCUT2D eigenvalue weighted by molar-refractivity contribution is 7.90. The Labute approximate surface area is 241 Å². The summed E-state index contributed by atoms with van der Waals surface area (Å²) in [4.78, 5) is 32.2. The third-order valence-electron chi connectivity index (χ3n) is 7.02. The Kier molecular flexibility index (Phi) is 9.05. The smallest absolute Gasteiger partial charge is 0.391 e. The minimum atomic E-state index is -4.75. The SMILES string of the molecule is C.[C-]#[N+]C1=C(C)N(c2cccc(C(F)(F)F)c2)C(=O)N(C(=O)NC2CCCC2O)[C@@H]1c1ccc(C#N)cc1S(C)(=O)=O. The number of imide groups is 1. The van der Waals surface area contributed by atoms with Crippen LogP contribution < -0.4 is 10.2 Å². The first-order chi connectivity index (χ1) is 19.2. The Hall–Kier alpha value is -4.40. The molecule has 2 aromatic rings. The molecule has 0 aromatic heterocycles. The van der Waals surface area contributed by atoms with E-state index in [4.69, 9.17) is 6.57 Å². The maximum Gasteiger partial charge on any atom is 0.416 e. The fourth-order valence-corrected chi connectivity index (χ4v) is 5.99. The van der Waals surface area contributed by atoms with Crippen molar-refractivity contribution < 1.29 is 36.3 Å². The van der Waals surface area contributed by atoms with Crippen molar-refractivity contribution in [1.29, 1.82) is 5.26 Å². The lowest BCUT2D eigenvalue weighted by atomic mass is 9.97. The predicted octanol–water partition coefficient (Wildman–Crippen LogP) is 5.37. The zero-order chi connectivity index (χ0) is 30.3. The first-order valence-electron chi connectivity index (χ1n) is 12.3. The van der Waals surface area contributed by atoms with Gasteiger partial charge < -0.3 is 10.4 Å². The lowest BCUT2D eigenvalue weighted by Gasteiger charge is -2.41. The first kappa shape index (κ1) is 32.1. The maximum absolute atomic E-state index is 14.0. The zero-order valence-electron chi connectivity index (χ0n) is 21.8. The van der Waals surface area contributed by atoms with Gasteiger partial charge in [-0.25, -0.2) is 27.8 Å². The molecule has 2 N–H and O–H groups in total. The van der Waals surface area contributed by atoms with Crippen LogP contribution in [-0.2, 0) is 16.0 Å². The van der Waals surface area contributed by atoms with Gasteiger partial charge in [0.05, 0.1) is 40.8 Å². The number of aliphatic hydroxyl groups is 1. The van der Waals surface area contributed by atoms with Gasteiger partial charge in [-0.2, -0.15) is 18.4 Å². The molecule has 222 valence electrons. The largest absolute Gasteiger partial charge is 0.416 e. The van der Waals surface area contributed by atoms with Crippen molar-refractivity contribution in [2.24, 2.45) is 0 Å². The molecule has 1 saturated carbocycles. The number of nitrogens with one attached hydrogen (secondary N) is 1. The van der Waals surface area contributed by atoms with Gasteiger partial charge in [0.2, 0.25) is 5.70 Å². The molecule has 2 aromatic carbocycles. The molecule has 10 nitrogen and oxygen atoms in total. The Morgan fingerprint density at radius 2 is 1.90 bits per heavy atom. The second-order valence-corrected chi connectivity index (χ2v) is 11.7. The van der Waals surface area contributed by atoms with Gasteiger partial charge >= 0.3 is 18.2 Å². The summed E-state index contributed by atoms with van der Waals surface area (Å²) in [7, 11) is -4.07. The number of rotatable bonds is 4. The number of amides is 4. The van der Waals surface area contributed by atoms with E-state index in [-0.39, 0.29) is 35.6 Å². The molecule has 0 saturated heterocycles. The number of alkyl halides is 3. The van der Waals surface area contributed by atoms with E-state index in [9.17, 15) is 41.5 Å². The maximum atomic E-state index is 14.0. The van der Waals surface area contributed by atoms with Crippen molar-refractivity contribution in [3.63, 3.8) is 0 Å². The van der Waals surface area contributed by atoms with Crippen molar-refractivity contribution >= 4 is 27.6 Å². The van der Waals surface area contributed by atoms with E-state index in [1.165, 1.54) is 25.1 Å². The van der Waals surface area contributed by atoms with Crippen molar-refractivity contribution in [1.82, 2.24) is 10.2 Å². The lowest BCUT2D eigenvalue weighted by molar-refractivity contribution is -0.137. The quantitative estimate of drug-likeness (QED) is 0.451. The Morgan fingerprint density at radius 1 is 1.21 bits per heavy atom. The summed E-state index contributed by atoms with van der Waals surface area (Å²) in [6.07, 6.45) is -3.46. The Bertz CT molecular complexity index is 1640. The van der Waals surface area contributed by atoms with Crippen LogP contribution in [0, 0.1) is 17.9 Å². The second kappa shape index (κ2) is 11.8. The Balaban J connectivity index is 0.00000484. The molecule has 2 aliphatic rings. The summed E-state index contributed by atoms with van der Waals surface area (Å²) in [6.45, 7) is 9.21. The molecule has 1 aliphatic heterocycles. The van der Waals surface area contributed by atoms with Crippen LogP contribution in [0.3, 0.4) is 0 Å². The Morgan fingerprint density at radius 3 is 2.45 bits per heavy atom. The summed E-state index contributed by atoms with van der Waals surface area (Å²) in [6, 6.07) is 4.55. The van der Waals surface area contributed by atoms with E-state index in [2.05, 4.69) is 10.2 Å². The molecule has 4 rings (SSSR count). The average Bonchev–Trinajstić information content (AvgIpc) is 3.31. The number of urea groups is 2. The van der Waals surface area contributed by atoms with Gasteiger partial charge in [0.15, 0.2) is 9.84 Å². The molecule has 1 fully saturated rings. The summed E-state index contributed by atoms with van der Waals surface area (Å²) in [5.74, 6) is 0. The number of aliphatic hydroxyl groups excluding tert-OH is 1. The van der Waals surface area contributed by atoms with Crippen LogP contribution in [0.4, 0.5) is 28.4 Å². The van der Waals surface area contributed by atoms with Crippen molar-refractivity contribution in [3.8, 4) is 6.07 Å². The molecule has 0 radical (unpaired) electrons. The van der Waals surface area contributed by atoms with Gasteiger partial charge in [-0.3, -0.25) is 4.90 Å². The normalized spacial score (nSPS) is 21.0. The second-order valence-electron chi connectivity index (χ2n) is 9.71. The van der Waals surface area contributed by atoms with Crippen LogP contribution in [0.5, 0.6) is 0 Å². The van der Waals surface area contributed by atoms with E-state index >= 15 is 0 Å². The van der Waals surface area contributed by atoms with E-state index in [1.807, 2.05) is 6.07 Å². The van der Waals surface area contributed by atoms with Crippen LogP contribution in [-0.4, -0.2) is 48.9 Å². The highest BCUT2D eigenvalue weighted by atomic mass is 32.2. The van der Waals surface area contributed by atoms with Crippen molar-refractivity contribution in [3.05, 3.63) is 82.0 Å². The molecule has 1 heterocycles. The molecule has 0 spiro atoms. The topological polar surface area (TPSA) is 135 Å². The minimum absolute atomic E-state index is 0. The molecule has 3 atom stereocenters. The first-order valence-corrected chi connectivity index (χ1v) is 14.2. The molecule has 42 heavy (non-hydrogen) atoms. The molecule has 0 bridgehead atoms. The number of allylic oxidation sites excluding steroid dienone is 1. The zero-order valence-corrected chi connectivity index (χ0v) is 22.6. The third kappa shape index (κ3) is 5.95. The van der Waals surface area contributed by atoms with Crippen molar-refractivity contribution in [2.45, 2.75) is 62.9 Å². The van der Waals surface area contributed by atoms with Crippen LogP contribution >= 0.6 is 0 Å². The monoisotopic (exact) mass is 603 g/mol. The standard InChI is InChI=1S/C27H24F3N5O5S.CH4/c1-15-23(32-2)24(19-11-10-16(14-31)12-22(19)41(3,39)40)35(25(37)33-20-8-5-9-21(20)36)26(38)34(15)18-7-4-6-17(13-18)27(28,29)30;/h4,6-7,10-13,20-21,24,36H,5,8-9H2,1,3H3,(H,33,37);1H4/t20?,21?,24-;/m1./s1. The fourth-order valence-electron chi connectivity index (χ4n) is 5.04. The molecular weight excluding hydrogens is 575 g/mol. The fraction of sp³-hybridized carbons (Fsp3) is 0.357. The molecule has 4 amide bonds. The number of hydrogen-bond donors (Lipinski definition) is 2. The van der Waals surface area contributed by atoms with Crippen LogP contribution in [0.15, 0.2) is 58.8 Å². The van der Waals surface area contributed by atoms with Crippen molar-refractivity contribution in [2.75, 3.05) is 11.2 Å². The molecular formula is C28H28F3N5O5S. The average molecular weight is 604 g/mol. The number of sulfone groups is 1. The number of nitrogens with zero attached hydrogens (tertiary/aromatic N) is 4. The summed E-state index contributed by atoms with van der Waals surface area (Å²) < 4.78 is 66.1. The van der Waals surface area contributed by atoms with Gasteiger partial charge in [-0.15, -0.1) is 0 Å². The molecule has 14 heteroatoms. The van der Waals surface area contributed by atoms with Crippen LogP contribution in [0.25, 0.3) is 4.85 Å². The number of hydrogen-bond acceptors (Lipinski definition) is 6. The van der Waals surface area contributed by atoms with Gasteiger partial charge in [0, 0.05) is 17.6 Å². The van der Waals surface area contributed by atoms with Crippen LogP contribution in [0.1, 0.15) is 56.3 Å². The van der Waals surface area contributed by atoms with E-state index in [1.54, 1.807) is 0 Å². The number of anilines is 1. The molecule has 1 aliphatic carbocycles. The van der Waals surface area contributed by atoms with Gasteiger partial charge in [-0.05, 0) is 62.1 Å². The minimum Gasteiger partial charge on any atom is -0.391 e. The van der Waals surface area contributed by atoms with Gasteiger partial charge in [0.25, 0.3) is 0 Å². The number of halogens is 3. The lowest BCUT2D eigenvalue weighted by Crippen LogP contribution is -2.57. The summed E-state index contributed by atoms with van der Waals surface area (Å²) in [5, 5.41) is 22.2. The van der Waals surface area contributed by atoms with E-state index in [0.717, 1.165) is 29.4 Å². The molecule has 2 unspecified atom stereocenters. The van der Waals surface area contributed by atoms with E-state index < -0.39 is 56.7 Å². The highest BCUT2D eigenvalue weighted by Gasteiger charge is 2.46. The third-order valence-corrected chi connectivity index (χ3v) is 8.17. The predicted molar refractivity (Wildman–Crippen MR) is 146 cm³/mol.